The fourth-order valence-corrected chi connectivity index (χ4v) is 3.15. The molecule has 0 saturated heterocycles. The van der Waals surface area contributed by atoms with Crippen LogP contribution in [0.15, 0.2) is 64.5 Å². The van der Waals surface area contributed by atoms with E-state index in [-0.39, 0.29) is 11.7 Å². The second kappa shape index (κ2) is 7.63. The number of nitrogens with zero attached hydrogens (tertiary/aromatic N) is 3. The molecule has 5 nitrogen and oxygen atoms in total. The largest absolute Gasteiger partial charge is 0.322 e. The molecule has 0 fully saturated rings. The smallest absolute Gasteiger partial charge is 0.236 e. The Balaban J connectivity index is 1.62. The first-order valence-corrected chi connectivity index (χ1v) is 9.02. The van der Waals surface area contributed by atoms with Crippen LogP contribution in [0, 0.1) is 0 Å². The first-order valence-electron chi connectivity index (χ1n) is 7.25. The number of carbonyl (C=O) groups is 1. The summed E-state index contributed by atoms with van der Waals surface area (Å²) in [6.07, 6.45) is 3.47. The van der Waals surface area contributed by atoms with E-state index in [1.54, 1.807) is 12.3 Å². The molecule has 0 atom stereocenters. The molecule has 3 aromatic rings. The van der Waals surface area contributed by atoms with E-state index in [4.69, 9.17) is 0 Å². The van der Waals surface area contributed by atoms with Crippen LogP contribution in [-0.4, -0.2) is 26.2 Å². The third-order valence-corrected chi connectivity index (χ3v) is 4.86. The van der Waals surface area contributed by atoms with Crippen molar-refractivity contribution in [1.29, 1.82) is 0 Å². The lowest BCUT2D eigenvalue weighted by Gasteiger charge is -2.06. The van der Waals surface area contributed by atoms with E-state index >= 15 is 0 Å². The normalized spacial score (nSPS) is 10.6. The number of rotatable bonds is 5. The Morgan fingerprint density at radius 1 is 1.17 bits per heavy atom. The number of aromatic nitrogens is 3. The van der Waals surface area contributed by atoms with Gasteiger partial charge >= 0.3 is 0 Å². The molecule has 0 radical (unpaired) electrons. The van der Waals surface area contributed by atoms with Crippen molar-refractivity contribution in [3.8, 4) is 11.3 Å². The molecule has 0 saturated carbocycles. The van der Waals surface area contributed by atoms with Crippen molar-refractivity contribution >= 4 is 39.4 Å². The SMILES string of the molecule is Cn1c(-c2ccccc2)cnc1SCC(=O)Nc1ccc(Br)cn1. The summed E-state index contributed by atoms with van der Waals surface area (Å²) in [5.41, 5.74) is 2.12. The van der Waals surface area contributed by atoms with Gasteiger partial charge in [-0.3, -0.25) is 4.79 Å². The minimum absolute atomic E-state index is 0.112. The predicted molar refractivity (Wildman–Crippen MR) is 99.9 cm³/mol. The third-order valence-electron chi connectivity index (χ3n) is 3.34. The molecule has 7 heteroatoms. The topological polar surface area (TPSA) is 59.8 Å². The number of amides is 1. The fraction of sp³-hybridized carbons (Fsp3) is 0.118. The molecule has 122 valence electrons. The van der Waals surface area contributed by atoms with Gasteiger partial charge in [-0.15, -0.1) is 0 Å². The van der Waals surface area contributed by atoms with Gasteiger partial charge in [0.1, 0.15) is 5.82 Å². The standard InChI is InChI=1S/C17H15BrN4OS/c1-22-14(12-5-3-2-4-6-12)10-20-17(22)24-11-16(23)21-15-8-7-13(18)9-19-15/h2-10H,11H2,1H3,(H,19,21,23). The highest BCUT2D eigenvalue weighted by atomic mass is 79.9. The number of hydrogen-bond acceptors (Lipinski definition) is 4. The third kappa shape index (κ3) is 4.04. The Morgan fingerprint density at radius 2 is 1.96 bits per heavy atom. The number of imidazole rings is 1. The maximum atomic E-state index is 12.0. The number of nitrogens with one attached hydrogen (secondary N) is 1. The zero-order valence-electron chi connectivity index (χ0n) is 12.9. The molecular formula is C17H15BrN4OS. The molecule has 24 heavy (non-hydrogen) atoms. The zero-order chi connectivity index (χ0) is 16.9. The molecule has 0 spiro atoms. The van der Waals surface area contributed by atoms with Gasteiger partial charge in [0.2, 0.25) is 5.91 Å². The van der Waals surface area contributed by atoms with E-state index in [0.717, 1.165) is 20.9 Å². The van der Waals surface area contributed by atoms with Gasteiger partial charge in [0.25, 0.3) is 0 Å². The molecule has 1 N–H and O–H groups in total. The first-order chi connectivity index (χ1) is 11.6. The fourth-order valence-electron chi connectivity index (χ4n) is 2.16. The van der Waals surface area contributed by atoms with Crippen molar-refractivity contribution in [3.63, 3.8) is 0 Å². The van der Waals surface area contributed by atoms with Crippen LogP contribution in [0.5, 0.6) is 0 Å². The van der Waals surface area contributed by atoms with Crippen LogP contribution < -0.4 is 5.32 Å². The highest BCUT2D eigenvalue weighted by Gasteiger charge is 2.11. The summed E-state index contributed by atoms with van der Waals surface area (Å²) in [4.78, 5) is 20.6. The van der Waals surface area contributed by atoms with E-state index in [9.17, 15) is 4.79 Å². The van der Waals surface area contributed by atoms with Gasteiger partial charge in [-0.1, -0.05) is 42.1 Å². The molecular weight excluding hydrogens is 388 g/mol. The molecule has 0 aliphatic heterocycles. The van der Waals surface area contributed by atoms with Gasteiger partial charge in [-0.05, 0) is 33.6 Å². The summed E-state index contributed by atoms with van der Waals surface area (Å²) in [6, 6.07) is 13.6. The Labute approximate surface area is 152 Å². The van der Waals surface area contributed by atoms with E-state index in [1.165, 1.54) is 11.8 Å². The number of pyridine rings is 1. The van der Waals surface area contributed by atoms with Crippen molar-refractivity contribution in [3.05, 3.63) is 59.3 Å². The molecule has 0 unspecified atom stereocenters. The van der Waals surface area contributed by atoms with E-state index in [0.29, 0.717) is 5.82 Å². The molecule has 2 aromatic heterocycles. The summed E-state index contributed by atoms with van der Waals surface area (Å²) < 4.78 is 2.86. The predicted octanol–water partition coefficient (Wildman–Crippen LogP) is 3.98. The highest BCUT2D eigenvalue weighted by molar-refractivity contribution is 9.10. The number of anilines is 1. The number of thioether (sulfide) groups is 1. The Bertz CT molecular complexity index is 834. The summed E-state index contributed by atoms with van der Waals surface area (Å²) in [7, 11) is 1.95. The van der Waals surface area contributed by atoms with Crippen LogP contribution in [0.2, 0.25) is 0 Å². The quantitative estimate of drug-likeness (QED) is 0.655. The van der Waals surface area contributed by atoms with E-state index in [2.05, 4.69) is 31.2 Å². The Hall–Kier alpha value is -2.12. The summed E-state index contributed by atoms with van der Waals surface area (Å²) >= 11 is 4.71. The summed E-state index contributed by atoms with van der Waals surface area (Å²) in [6.45, 7) is 0. The lowest BCUT2D eigenvalue weighted by molar-refractivity contribution is -0.113. The average Bonchev–Trinajstić information content (AvgIpc) is 2.97. The highest BCUT2D eigenvalue weighted by Crippen LogP contribution is 2.24. The second-order valence-corrected chi connectivity index (χ2v) is 6.91. The number of halogens is 1. The van der Waals surface area contributed by atoms with E-state index in [1.807, 2.05) is 54.2 Å². The van der Waals surface area contributed by atoms with Crippen LogP contribution in [-0.2, 0) is 11.8 Å². The molecule has 1 aromatic carbocycles. The van der Waals surface area contributed by atoms with Crippen molar-refractivity contribution in [2.24, 2.45) is 7.05 Å². The monoisotopic (exact) mass is 402 g/mol. The molecule has 3 rings (SSSR count). The van der Waals surface area contributed by atoms with Gasteiger partial charge in [0, 0.05) is 17.7 Å². The van der Waals surface area contributed by atoms with Gasteiger partial charge in [-0.2, -0.15) is 0 Å². The number of benzene rings is 1. The minimum atomic E-state index is -0.112. The van der Waals surface area contributed by atoms with Crippen LogP contribution in [0.25, 0.3) is 11.3 Å². The molecule has 1 amide bonds. The van der Waals surface area contributed by atoms with Crippen LogP contribution in [0.4, 0.5) is 5.82 Å². The first kappa shape index (κ1) is 16.7. The lowest BCUT2D eigenvalue weighted by Crippen LogP contribution is -2.15. The van der Waals surface area contributed by atoms with Crippen molar-refractivity contribution in [2.75, 3.05) is 11.1 Å². The van der Waals surface area contributed by atoms with Crippen LogP contribution in [0.3, 0.4) is 0 Å². The average molecular weight is 403 g/mol. The van der Waals surface area contributed by atoms with Crippen LogP contribution in [0.1, 0.15) is 0 Å². The van der Waals surface area contributed by atoms with E-state index < -0.39 is 0 Å². The second-order valence-electron chi connectivity index (χ2n) is 5.05. The van der Waals surface area contributed by atoms with Crippen molar-refractivity contribution < 1.29 is 4.79 Å². The Morgan fingerprint density at radius 3 is 2.67 bits per heavy atom. The maximum absolute atomic E-state index is 12.0. The molecule has 0 aliphatic carbocycles. The van der Waals surface area contributed by atoms with Gasteiger partial charge in [0.15, 0.2) is 5.16 Å². The van der Waals surface area contributed by atoms with Gasteiger partial charge < -0.3 is 9.88 Å². The number of carbonyl (C=O) groups excluding carboxylic acids is 1. The van der Waals surface area contributed by atoms with Gasteiger partial charge in [0.05, 0.1) is 17.6 Å². The zero-order valence-corrected chi connectivity index (χ0v) is 15.3. The Kier molecular flexibility index (Phi) is 5.32. The molecule has 0 aliphatic rings. The van der Waals surface area contributed by atoms with Crippen molar-refractivity contribution in [1.82, 2.24) is 14.5 Å². The minimum Gasteiger partial charge on any atom is -0.322 e. The lowest BCUT2D eigenvalue weighted by atomic mass is 10.2. The van der Waals surface area contributed by atoms with Crippen LogP contribution >= 0.6 is 27.7 Å². The number of hydrogen-bond donors (Lipinski definition) is 1. The van der Waals surface area contributed by atoms with Gasteiger partial charge in [-0.25, -0.2) is 9.97 Å². The molecule has 2 heterocycles. The summed E-state index contributed by atoms with van der Waals surface area (Å²) in [5, 5.41) is 3.57. The van der Waals surface area contributed by atoms with Crippen molar-refractivity contribution in [2.45, 2.75) is 5.16 Å². The molecule has 0 bridgehead atoms. The maximum Gasteiger partial charge on any atom is 0.236 e. The summed E-state index contributed by atoms with van der Waals surface area (Å²) in [5.74, 6) is 0.698.